The van der Waals surface area contributed by atoms with E-state index >= 15 is 0 Å². The van der Waals surface area contributed by atoms with Gasteiger partial charge in [-0.1, -0.05) is 12.1 Å². The maximum Gasteiger partial charge on any atom is 0.0991 e. The lowest BCUT2D eigenvalue weighted by molar-refractivity contribution is -0.0843. The molecule has 5 heteroatoms. The summed E-state index contributed by atoms with van der Waals surface area (Å²) in [6, 6.07) is 11.9. The molecular weight excluding hydrogens is 342 g/mol. The Hall–Kier alpha value is -1.71. The molecule has 3 rings (SSSR count). The average Bonchev–Trinajstić information content (AvgIpc) is 3.15. The minimum absolute atomic E-state index is 0.114. The van der Waals surface area contributed by atoms with Gasteiger partial charge >= 0.3 is 0 Å². The summed E-state index contributed by atoms with van der Waals surface area (Å²) >= 11 is 1.74. The van der Waals surface area contributed by atoms with E-state index in [9.17, 15) is 10.4 Å². The van der Waals surface area contributed by atoms with Crippen LogP contribution in [-0.2, 0) is 12.0 Å². The first kappa shape index (κ1) is 19.1. The Morgan fingerprint density at radius 3 is 2.92 bits per heavy atom. The van der Waals surface area contributed by atoms with Crippen molar-refractivity contribution in [1.82, 2.24) is 9.80 Å². The highest BCUT2D eigenvalue weighted by Gasteiger charge is 2.42. The van der Waals surface area contributed by atoms with E-state index in [0.29, 0.717) is 12.0 Å². The van der Waals surface area contributed by atoms with Gasteiger partial charge in [0, 0.05) is 32.1 Å². The fraction of sp³-hybridized carbons (Fsp3) is 0.476. The molecule has 0 radical (unpaired) electrons. The van der Waals surface area contributed by atoms with Crippen LogP contribution in [0.1, 0.15) is 23.1 Å². The molecule has 1 saturated heterocycles. The molecule has 1 aliphatic rings. The standard InChI is InChI=1S/C21H27N3OS/c1-23(2)14-20-15-24(9-6-17-7-11-26-16-17)10-8-21(20,25)19-5-3-4-18(12-19)13-22/h3-5,7,11-12,16,20,25H,6,8-10,14-15H2,1-2H3. The number of nitrogens with zero attached hydrogens (tertiary/aromatic N) is 3. The number of hydrogen-bond donors (Lipinski definition) is 1. The number of piperidine rings is 1. The van der Waals surface area contributed by atoms with Crippen molar-refractivity contribution in [2.75, 3.05) is 40.3 Å². The number of nitriles is 1. The van der Waals surface area contributed by atoms with Crippen molar-refractivity contribution in [3.8, 4) is 6.07 Å². The van der Waals surface area contributed by atoms with E-state index in [4.69, 9.17) is 0 Å². The van der Waals surface area contributed by atoms with Gasteiger partial charge in [0.2, 0.25) is 0 Å². The zero-order valence-electron chi connectivity index (χ0n) is 15.6. The molecule has 1 aliphatic heterocycles. The van der Waals surface area contributed by atoms with Crippen molar-refractivity contribution in [2.24, 2.45) is 5.92 Å². The summed E-state index contributed by atoms with van der Waals surface area (Å²) < 4.78 is 0. The molecule has 138 valence electrons. The molecule has 1 aromatic carbocycles. The Bertz CT molecular complexity index is 753. The first-order chi connectivity index (χ1) is 12.5. The Kier molecular flexibility index (Phi) is 6.10. The third kappa shape index (κ3) is 4.33. The van der Waals surface area contributed by atoms with Crippen molar-refractivity contribution in [1.29, 1.82) is 5.26 Å². The topological polar surface area (TPSA) is 50.5 Å². The van der Waals surface area contributed by atoms with Crippen molar-refractivity contribution >= 4 is 11.3 Å². The summed E-state index contributed by atoms with van der Waals surface area (Å²) in [6.45, 7) is 3.59. The van der Waals surface area contributed by atoms with Crippen LogP contribution in [0, 0.1) is 17.2 Å². The summed E-state index contributed by atoms with van der Waals surface area (Å²) in [5.74, 6) is 0.114. The predicted octanol–water partition coefficient (Wildman–Crippen LogP) is 2.93. The molecule has 4 nitrogen and oxygen atoms in total. The molecule has 0 saturated carbocycles. The lowest BCUT2D eigenvalue weighted by Gasteiger charge is -2.46. The minimum atomic E-state index is -0.879. The number of likely N-dealkylation sites (tertiary alicyclic amines) is 1. The highest BCUT2D eigenvalue weighted by atomic mass is 32.1. The molecule has 2 heterocycles. The maximum absolute atomic E-state index is 11.6. The molecule has 2 atom stereocenters. The molecule has 0 spiro atoms. The van der Waals surface area contributed by atoms with E-state index < -0.39 is 5.60 Å². The number of rotatable bonds is 6. The minimum Gasteiger partial charge on any atom is -0.385 e. The molecule has 0 amide bonds. The van der Waals surface area contributed by atoms with Crippen molar-refractivity contribution in [3.05, 3.63) is 57.8 Å². The van der Waals surface area contributed by atoms with Gasteiger partial charge in [0.05, 0.1) is 17.2 Å². The van der Waals surface area contributed by atoms with Crippen LogP contribution in [-0.4, -0.2) is 55.2 Å². The van der Waals surface area contributed by atoms with Crippen LogP contribution >= 0.6 is 11.3 Å². The summed E-state index contributed by atoms with van der Waals surface area (Å²) in [5.41, 5.74) is 2.00. The molecule has 1 aromatic heterocycles. The van der Waals surface area contributed by atoms with Crippen LogP contribution in [0.25, 0.3) is 0 Å². The third-order valence-electron chi connectivity index (χ3n) is 5.34. The molecule has 1 fully saturated rings. The van der Waals surface area contributed by atoms with Crippen molar-refractivity contribution in [3.63, 3.8) is 0 Å². The van der Waals surface area contributed by atoms with E-state index in [2.05, 4.69) is 46.8 Å². The SMILES string of the molecule is CN(C)CC1CN(CCc2ccsc2)CCC1(O)c1cccc(C#N)c1. The van der Waals surface area contributed by atoms with Gasteiger partial charge in [0.25, 0.3) is 0 Å². The van der Waals surface area contributed by atoms with E-state index in [-0.39, 0.29) is 5.92 Å². The van der Waals surface area contributed by atoms with Gasteiger partial charge < -0.3 is 14.9 Å². The molecule has 2 unspecified atom stereocenters. The number of aliphatic hydroxyl groups is 1. The number of hydrogen-bond acceptors (Lipinski definition) is 5. The van der Waals surface area contributed by atoms with Crippen LogP contribution in [0.3, 0.4) is 0 Å². The Morgan fingerprint density at radius 1 is 1.38 bits per heavy atom. The molecule has 2 aromatic rings. The molecule has 0 bridgehead atoms. The van der Waals surface area contributed by atoms with Gasteiger partial charge in [0.1, 0.15) is 0 Å². The summed E-state index contributed by atoms with van der Waals surface area (Å²) in [6.07, 6.45) is 1.75. The smallest absolute Gasteiger partial charge is 0.0991 e. The second-order valence-electron chi connectivity index (χ2n) is 7.51. The highest BCUT2D eigenvalue weighted by molar-refractivity contribution is 7.07. The van der Waals surface area contributed by atoms with Crippen molar-refractivity contribution < 1.29 is 5.11 Å². The third-order valence-corrected chi connectivity index (χ3v) is 6.07. The fourth-order valence-corrected chi connectivity index (χ4v) is 4.60. The lowest BCUT2D eigenvalue weighted by Crippen LogP contribution is -2.53. The van der Waals surface area contributed by atoms with E-state index in [1.54, 1.807) is 17.4 Å². The lowest BCUT2D eigenvalue weighted by atomic mass is 9.75. The van der Waals surface area contributed by atoms with Gasteiger partial charge in [-0.15, -0.1) is 0 Å². The quantitative estimate of drug-likeness (QED) is 0.851. The monoisotopic (exact) mass is 369 g/mol. The predicted molar refractivity (Wildman–Crippen MR) is 106 cm³/mol. The van der Waals surface area contributed by atoms with Gasteiger partial charge in [-0.25, -0.2) is 0 Å². The molecule has 26 heavy (non-hydrogen) atoms. The van der Waals surface area contributed by atoms with Gasteiger partial charge in [-0.3, -0.25) is 0 Å². The van der Waals surface area contributed by atoms with Crippen LogP contribution in [0.4, 0.5) is 0 Å². The Morgan fingerprint density at radius 2 is 2.23 bits per heavy atom. The van der Waals surface area contributed by atoms with E-state index in [0.717, 1.165) is 38.2 Å². The summed E-state index contributed by atoms with van der Waals surface area (Å²) in [4.78, 5) is 4.61. The Balaban J connectivity index is 1.76. The second kappa shape index (κ2) is 8.32. The normalized spacial score (nSPS) is 23.9. The zero-order chi connectivity index (χ0) is 18.6. The van der Waals surface area contributed by atoms with Crippen LogP contribution < -0.4 is 0 Å². The molecule has 0 aliphatic carbocycles. The first-order valence-corrected chi connectivity index (χ1v) is 10.1. The van der Waals surface area contributed by atoms with Crippen LogP contribution in [0.5, 0.6) is 0 Å². The highest BCUT2D eigenvalue weighted by Crippen LogP contribution is 2.38. The largest absolute Gasteiger partial charge is 0.385 e. The zero-order valence-corrected chi connectivity index (χ0v) is 16.4. The average molecular weight is 370 g/mol. The number of thiophene rings is 1. The first-order valence-electron chi connectivity index (χ1n) is 9.12. The molecule has 1 N–H and O–H groups in total. The second-order valence-corrected chi connectivity index (χ2v) is 8.29. The van der Waals surface area contributed by atoms with E-state index in [1.807, 2.05) is 18.2 Å². The van der Waals surface area contributed by atoms with Crippen LogP contribution in [0.15, 0.2) is 41.1 Å². The number of benzene rings is 1. The summed E-state index contributed by atoms with van der Waals surface area (Å²) in [7, 11) is 4.10. The fourth-order valence-electron chi connectivity index (χ4n) is 3.90. The summed E-state index contributed by atoms with van der Waals surface area (Å²) in [5, 5.41) is 25.1. The van der Waals surface area contributed by atoms with E-state index in [1.165, 1.54) is 5.56 Å². The van der Waals surface area contributed by atoms with Gasteiger partial charge in [0.15, 0.2) is 0 Å². The Labute approximate surface area is 160 Å². The van der Waals surface area contributed by atoms with Crippen LogP contribution in [0.2, 0.25) is 0 Å². The van der Waals surface area contributed by atoms with Gasteiger partial charge in [-0.2, -0.15) is 16.6 Å². The van der Waals surface area contributed by atoms with Crippen molar-refractivity contribution in [2.45, 2.75) is 18.4 Å². The molecular formula is C21H27N3OS. The van der Waals surface area contributed by atoms with Gasteiger partial charge in [-0.05, 0) is 67.0 Å². The maximum atomic E-state index is 11.6.